The number of anilines is 3. The Bertz CT molecular complexity index is 4120. The number of carboxylic acid groups (broad SMARTS) is 2. The van der Waals surface area contributed by atoms with E-state index in [0.29, 0.717) is 66.4 Å². The zero-order chi connectivity index (χ0) is 70.8. The van der Waals surface area contributed by atoms with Gasteiger partial charge in [0.05, 0.1) is 34.2 Å². The van der Waals surface area contributed by atoms with Crippen molar-refractivity contribution in [1.82, 2.24) is 25.1 Å². The highest BCUT2D eigenvalue weighted by atomic mass is 32.1. The molecule has 528 valence electrons. The van der Waals surface area contributed by atoms with Crippen LogP contribution in [0.15, 0.2) is 102 Å². The average Bonchev–Trinajstić information content (AvgIpc) is 0.742. The minimum atomic E-state index is -1.97. The number of amides is 6. The van der Waals surface area contributed by atoms with E-state index < -0.39 is 60.2 Å². The van der Waals surface area contributed by atoms with Crippen molar-refractivity contribution in [2.75, 3.05) is 62.0 Å². The first-order valence-electron chi connectivity index (χ1n) is 33.8. The van der Waals surface area contributed by atoms with E-state index in [1.165, 1.54) is 40.5 Å². The Labute approximate surface area is 581 Å². The molecule has 3 unspecified atom stereocenters. The lowest BCUT2D eigenvalue weighted by atomic mass is 9.38. The average molecular weight is 1390 g/mol. The SMILES string of the molecule is CC1=C(c2ccc(N3CCc4cccc(C(=O)Nc5nc6ccccc6s5)c4C3)nc2C(=O)O)C=NC1CC12CC3(C)CC(C)(C1)CC(OCCN(C)C(=O)OC/C=C/c1ccc(O[C@@H]4O[C@H](C(=O)O)[C@H](O)[C@H](O)[C@@H]4O)c(NC(=O)CCNC(=O)CCCCCN4C(=O)C=CC4=O)c1)(C3)C2. The molecule has 8 atom stereocenters. The second-order valence-electron chi connectivity index (χ2n) is 28.4. The van der Waals surface area contributed by atoms with Gasteiger partial charge in [0.1, 0.15) is 36.5 Å². The van der Waals surface area contributed by atoms with E-state index in [9.17, 15) is 63.9 Å². The van der Waals surface area contributed by atoms with E-state index in [1.54, 1.807) is 31.3 Å². The third-order valence-corrected chi connectivity index (χ3v) is 21.2. The minimum Gasteiger partial charge on any atom is -0.479 e. The number of carboxylic acids is 2. The van der Waals surface area contributed by atoms with Crippen molar-refractivity contribution < 1.29 is 82.8 Å². The van der Waals surface area contributed by atoms with Crippen molar-refractivity contribution in [3.63, 3.8) is 0 Å². The number of pyridine rings is 1. The number of aliphatic carboxylic acids is 1. The monoisotopic (exact) mass is 1390 g/mol. The summed E-state index contributed by atoms with van der Waals surface area (Å²) in [4.78, 5) is 121. The van der Waals surface area contributed by atoms with Gasteiger partial charge in [-0.3, -0.25) is 39.2 Å². The molecule has 4 bridgehead atoms. The number of aliphatic imine (C=N–C) groups is 1. The van der Waals surface area contributed by atoms with E-state index >= 15 is 0 Å². The number of allylic oxidation sites excluding steroid dienone is 1. The quantitative estimate of drug-likeness (QED) is 0.0183. The van der Waals surface area contributed by atoms with E-state index in [-0.39, 0.29) is 109 Å². The Morgan fingerprint density at radius 3 is 2.35 bits per heavy atom. The molecule has 13 rings (SSSR count). The van der Waals surface area contributed by atoms with Gasteiger partial charge in [-0.2, -0.15) is 0 Å². The molecule has 4 aliphatic carbocycles. The predicted octanol–water partition coefficient (Wildman–Crippen LogP) is 7.94. The number of hydrogen-bond donors (Lipinski definition) is 8. The molecule has 4 aliphatic heterocycles. The van der Waals surface area contributed by atoms with Crippen LogP contribution in [0.25, 0.3) is 21.9 Å². The van der Waals surface area contributed by atoms with Gasteiger partial charge in [0, 0.05) is 87.7 Å². The number of nitrogens with zero attached hydrogens (tertiary/aromatic N) is 6. The van der Waals surface area contributed by atoms with Gasteiger partial charge >= 0.3 is 18.0 Å². The zero-order valence-corrected chi connectivity index (χ0v) is 57.0. The Morgan fingerprint density at radius 2 is 1.60 bits per heavy atom. The summed E-state index contributed by atoms with van der Waals surface area (Å²) < 4.78 is 24.8. The number of thiazole rings is 1. The van der Waals surface area contributed by atoms with Crippen molar-refractivity contribution in [2.24, 2.45) is 21.2 Å². The summed E-state index contributed by atoms with van der Waals surface area (Å²) in [6.07, 6.45) is 5.88. The summed E-state index contributed by atoms with van der Waals surface area (Å²) in [6.45, 7) is 8.28. The van der Waals surface area contributed by atoms with Gasteiger partial charge in [-0.15, -0.1) is 0 Å². The number of rotatable bonds is 27. The third-order valence-electron chi connectivity index (χ3n) is 20.3. The number of aromatic carboxylic acids is 1. The molecule has 0 radical (unpaired) electrons. The molecule has 26 nitrogen and oxygen atoms in total. The molecule has 6 amide bonds. The summed E-state index contributed by atoms with van der Waals surface area (Å²) in [6, 6.07) is 21.4. The van der Waals surface area contributed by atoms with Crippen LogP contribution in [0, 0.1) is 16.2 Å². The number of carbonyl (C=O) groups is 8. The number of aromatic nitrogens is 2. The lowest BCUT2D eigenvalue weighted by Gasteiger charge is -2.69. The first kappa shape index (κ1) is 70.6. The zero-order valence-electron chi connectivity index (χ0n) is 56.1. The third kappa shape index (κ3) is 15.5. The number of likely N-dealkylation sites (N-methyl/N-ethyl adjacent to an activating group) is 1. The molecule has 4 saturated carbocycles. The highest BCUT2D eigenvalue weighted by Crippen LogP contribution is 2.73. The van der Waals surface area contributed by atoms with Gasteiger partial charge < -0.3 is 64.9 Å². The number of hydrogen-bond acceptors (Lipinski definition) is 20. The van der Waals surface area contributed by atoms with Crippen molar-refractivity contribution in [3.8, 4) is 5.75 Å². The fourth-order valence-electron chi connectivity index (χ4n) is 16.8. The van der Waals surface area contributed by atoms with E-state index in [2.05, 4.69) is 34.8 Å². The fourth-order valence-corrected chi connectivity index (χ4v) is 17.6. The van der Waals surface area contributed by atoms with Crippen LogP contribution in [0.4, 0.5) is 21.4 Å². The van der Waals surface area contributed by atoms with E-state index in [1.807, 2.05) is 66.6 Å². The van der Waals surface area contributed by atoms with Gasteiger partial charge in [0.2, 0.25) is 18.1 Å². The molecule has 5 fully saturated rings. The molecule has 1 saturated heterocycles. The smallest absolute Gasteiger partial charge is 0.409 e. The summed E-state index contributed by atoms with van der Waals surface area (Å²) in [5.41, 5.74) is 5.37. The number of imide groups is 1. The molecular weight excluding hydrogens is 1310 g/mol. The highest BCUT2D eigenvalue weighted by Gasteiger charge is 2.66. The number of carbonyl (C=O) groups excluding carboxylic acids is 6. The van der Waals surface area contributed by atoms with E-state index in [4.69, 9.17) is 28.9 Å². The highest BCUT2D eigenvalue weighted by molar-refractivity contribution is 7.22. The second-order valence-corrected chi connectivity index (χ2v) is 29.4. The molecule has 6 heterocycles. The van der Waals surface area contributed by atoms with Gasteiger partial charge in [0.15, 0.2) is 16.9 Å². The van der Waals surface area contributed by atoms with Crippen LogP contribution in [0.2, 0.25) is 0 Å². The molecule has 0 spiro atoms. The minimum absolute atomic E-state index is 0.00463. The van der Waals surface area contributed by atoms with E-state index in [0.717, 1.165) is 82.3 Å². The summed E-state index contributed by atoms with van der Waals surface area (Å²) in [7, 11) is 1.63. The largest absolute Gasteiger partial charge is 0.479 e. The molecular formula is C73H83N9O17S. The van der Waals surface area contributed by atoms with Crippen molar-refractivity contribution in [2.45, 2.75) is 153 Å². The first-order valence-corrected chi connectivity index (χ1v) is 34.6. The Morgan fingerprint density at radius 1 is 0.830 bits per heavy atom. The van der Waals surface area contributed by atoms with Crippen LogP contribution in [-0.4, -0.2) is 188 Å². The molecule has 8 N–H and O–H groups in total. The number of aliphatic hydroxyl groups is 3. The Hall–Kier alpha value is -9.25. The number of para-hydroxylation sites is 1. The standard InChI is InChI=1S/C73H83N9O17S/c1-42-47(45-19-21-54(78-59(45)65(91)92)81-28-25-44-13-10-14-46(48(44)35-81)64(90)79-68-77-49-15-7-8-16-53(49)100-68)34-75-51(42)33-72-37-70(2)36-71(3,38-72)40-73(39-70,41-72)97-31-29-80(4)69(95)96-30-11-12-43-18-20-52(98-67-62(89)60(87)61(88)63(99-67)66(93)94)50(32-43)76-56(84)24-26-74-55(83)17-6-5-9-27-82-57(85)22-23-58(82)86/h7-8,10-16,18-23,32,34,51,60-63,67,87-89H,5-6,9,17,24-31,33,35-41H2,1-4H3,(H,74,83)(H,76,84)(H,91,92)(H,93,94)(H,77,79,90)/b12-11+/t51?,60-,61+,62-,63-,67+,70?,71?,72?,73?/m0/s1. The van der Waals surface area contributed by atoms with Crippen molar-refractivity contribution in [1.29, 1.82) is 0 Å². The molecule has 5 aromatic rings. The van der Waals surface area contributed by atoms with Crippen LogP contribution in [0.5, 0.6) is 5.75 Å². The van der Waals surface area contributed by atoms with Crippen LogP contribution >= 0.6 is 11.3 Å². The maximum atomic E-state index is 13.8. The van der Waals surface area contributed by atoms with Gasteiger partial charge in [-0.05, 0) is 158 Å². The lowest BCUT2D eigenvalue weighted by Crippen LogP contribution is -2.64. The number of ether oxygens (including phenoxy) is 4. The second kappa shape index (κ2) is 29.1. The first-order chi connectivity index (χ1) is 47.8. The van der Waals surface area contributed by atoms with Crippen molar-refractivity contribution >= 4 is 104 Å². The number of aliphatic hydroxyl groups excluding tert-OH is 3. The molecule has 2 aromatic heterocycles. The number of benzene rings is 3. The maximum absolute atomic E-state index is 13.8. The van der Waals surface area contributed by atoms with Crippen LogP contribution < -0.4 is 25.6 Å². The normalized spacial score (nSPS) is 26.6. The van der Waals surface area contributed by atoms with Gasteiger partial charge in [-0.1, -0.05) is 68.0 Å². The molecule has 8 aliphatic rings. The van der Waals surface area contributed by atoms with Gasteiger partial charge in [-0.25, -0.2) is 24.4 Å². The van der Waals surface area contributed by atoms with Crippen LogP contribution in [0.3, 0.4) is 0 Å². The fraction of sp³-hybridized carbons (Fsp3) is 0.466. The summed E-state index contributed by atoms with van der Waals surface area (Å²) >= 11 is 1.41. The Kier molecular flexibility index (Phi) is 20.6. The number of fused-ring (bicyclic) bond motifs is 2. The molecule has 100 heavy (non-hydrogen) atoms. The summed E-state index contributed by atoms with van der Waals surface area (Å²) in [5, 5.41) is 60.7. The van der Waals surface area contributed by atoms with Crippen LogP contribution in [0.1, 0.15) is 141 Å². The van der Waals surface area contributed by atoms with Crippen molar-refractivity contribution in [3.05, 3.63) is 130 Å². The number of nitrogens with one attached hydrogen (secondary N) is 3. The van der Waals surface area contributed by atoms with Crippen LogP contribution in [-0.2, 0) is 51.1 Å². The van der Waals surface area contributed by atoms with Gasteiger partial charge in [0.25, 0.3) is 17.7 Å². The summed E-state index contributed by atoms with van der Waals surface area (Å²) in [5.74, 6) is -4.27. The molecule has 3 aromatic carbocycles. The Balaban J connectivity index is 0.642. The number of unbranched alkanes of at least 4 members (excludes halogenated alkanes) is 2. The molecule has 27 heteroatoms. The predicted molar refractivity (Wildman–Crippen MR) is 369 cm³/mol. The topological polar surface area (TPSA) is 359 Å². The lowest BCUT2D eigenvalue weighted by molar-refractivity contribution is -0.271. The maximum Gasteiger partial charge on any atom is 0.409 e.